The Morgan fingerprint density at radius 1 is 1.16 bits per heavy atom. The zero-order chi connectivity index (χ0) is 13.7. The average Bonchev–Trinajstić information content (AvgIpc) is 2.86. The predicted molar refractivity (Wildman–Crippen MR) is 76.9 cm³/mol. The maximum Gasteiger partial charge on any atom is 0.195 e. The first-order valence-electron chi connectivity index (χ1n) is 7.24. The van der Waals surface area contributed by atoms with Gasteiger partial charge in [-0.2, -0.15) is 0 Å². The lowest BCUT2D eigenvalue weighted by molar-refractivity contribution is -0.171. The minimum atomic E-state index is -0.560. The Kier molecular flexibility index (Phi) is 4.97. The molecule has 1 aromatic carbocycles. The van der Waals surface area contributed by atoms with Gasteiger partial charge in [-0.05, 0) is 30.9 Å². The zero-order valence-corrected chi connectivity index (χ0v) is 12.0. The summed E-state index contributed by atoms with van der Waals surface area (Å²) in [6.45, 7) is 6.47. The summed E-state index contributed by atoms with van der Waals surface area (Å²) in [5, 5.41) is 0. The SMILES string of the molecule is CC(C)Cc1ccc(C2(CCCN)OCCO2)cc1. The highest BCUT2D eigenvalue weighted by Gasteiger charge is 2.37. The van der Waals surface area contributed by atoms with E-state index in [4.69, 9.17) is 15.2 Å². The molecule has 1 aliphatic heterocycles. The fourth-order valence-electron chi connectivity index (χ4n) is 2.61. The molecular formula is C16H25NO2. The van der Waals surface area contributed by atoms with E-state index in [0.717, 1.165) is 24.8 Å². The first kappa shape index (κ1) is 14.5. The molecule has 0 atom stereocenters. The lowest BCUT2D eigenvalue weighted by atomic mass is 9.96. The van der Waals surface area contributed by atoms with Crippen LogP contribution in [0.5, 0.6) is 0 Å². The topological polar surface area (TPSA) is 44.5 Å². The molecule has 1 aliphatic rings. The minimum Gasteiger partial charge on any atom is -0.343 e. The number of rotatable bonds is 6. The van der Waals surface area contributed by atoms with Crippen LogP contribution in [-0.2, 0) is 21.7 Å². The fourth-order valence-corrected chi connectivity index (χ4v) is 2.61. The Morgan fingerprint density at radius 2 is 1.79 bits per heavy atom. The zero-order valence-electron chi connectivity index (χ0n) is 12.0. The molecule has 0 radical (unpaired) electrons. The van der Waals surface area contributed by atoms with Crippen molar-refractivity contribution in [3.63, 3.8) is 0 Å². The summed E-state index contributed by atoms with van der Waals surface area (Å²) in [5.41, 5.74) is 8.09. The van der Waals surface area contributed by atoms with Gasteiger partial charge in [0.1, 0.15) is 0 Å². The van der Waals surface area contributed by atoms with Gasteiger partial charge in [0.05, 0.1) is 13.2 Å². The van der Waals surface area contributed by atoms with E-state index in [9.17, 15) is 0 Å². The maximum atomic E-state index is 5.87. The van der Waals surface area contributed by atoms with Crippen molar-refractivity contribution in [2.45, 2.75) is 38.9 Å². The Morgan fingerprint density at radius 3 is 2.32 bits per heavy atom. The Balaban J connectivity index is 2.13. The van der Waals surface area contributed by atoms with Gasteiger partial charge in [0, 0.05) is 12.0 Å². The van der Waals surface area contributed by atoms with Crippen molar-refractivity contribution in [3.05, 3.63) is 35.4 Å². The van der Waals surface area contributed by atoms with Crippen molar-refractivity contribution in [3.8, 4) is 0 Å². The summed E-state index contributed by atoms with van der Waals surface area (Å²) in [6, 6.07) is 8.65. The molecule has 0 spiro atoms. The normalized spacial score (nSPS) is 18.1. The van der Waals surface area contributed by atoms with Crippen molar-refractivity contribution in [2.75, 3.05) is 19.8 Å². The second-order valence-electron chi connectivity index (χ2n) is 5.64. The number of ether oxygens (including phenoxy) is 2. The van der Waals surface area contributed by atoms with E-state index >= 15 is 0 Å². The number of nitrogens with two attached hydrogens (primary N) is 1. The second-order valence-corrected chi connectivity index (χ2v) is 5.64. The lowest BCUT2D eigenvalue weighted by Crippen LogP contribution is -2.28. The second kappa shape index (κ2) is 6.51. The molecule has 0 saturated carbocycles. The van der Waals surface area contributed by atoms with E-state index in [1.54, 1.807) is 0 Å². The molecule has 1 heterocycles. The predicted octanol–water partition coefficient (Wildman–Crippen LogP) is 2.82. The molecule has 3 heteroatoms. The van der Waals surface area contributed by atoms with E-state index in [0.29, 0.717) is 25.7 Å². The van der Waals surface area contributed by atoms with Crippen LogP contribution in [0.4, 0.5) is 0 Å². The van der Waals surface area contributed by atoms with Crippen molar-refractivity contribution < 1.29 is 9.47 Å². The van der Waals surface area contributed by atoms with Crippen LogP contribution in [0.1, 0.15) is 37.8 Å². The van der Waals surface area contributed by atoms with Gasteiger partial charge in [-0.1, -0.05) is 38.1 Å². The quantitative estimate of drug-likeness (QED) is 0.858. The monoisotopic (exact) mass is 263 g/mol. The fraction of sp³-hybridized carbons (Fsp3) is 0.625. The summed E-state index contributed by atoms with van der Waals surface area (Å²) >= 11 is 0. The van der Waals surface area contributed by atoms with Gasteiger partial charge in [-0.15, -0.1) is 0 Å². The Labute approximate surface area is 116 Å². The third-order valence-electron chi connectivity index (χ3n) is 3.50. The van der Waals surface area contributed by atoms with Crippen LogP contribution in [0.25, 0.3) is 0 Å². The molecule has 19 heavy (non-hydrogen) atoms. The molecule has 0 aromatic heterocycles. The molecule has 3 nitrogen and oxygen atoms in total. The van der Waals surface area contributed by atoms with Crippen molar-refractivity contribution in [1.82, 2.24) is 0 Å². The Bertz CT molecular complexity index is 380. The van der Waals surface area contributed by atoms with Gasteiger partial charge >= 0.3 is 0 Å². The number of benzene rings is 1. The Hall–Kier alpha value is -0.900. The van der Waals surface area contributed by atoms with Crippen LogP contribution >= 0.6 is 0 Å². The molecule has 0 aliphatic carbocycles. The molecule has 1 aromatic rings. The van der Waals surface area contributed by atoms with Gasteiger partial charge < -0.3 is 15.2 Å². The van der Waals surface area contributed by atoms with Crippen molar-refractivity contribution in [1.29, 1.82) is 0 Å². The van der Waals surface area contributed by atoms with E-state index in [1.807, 2.05) is 0 Å². The van der Waals surface area contributed by atoms with Crippen LogP contribution in [-0.4, -0.2) is 19.8 Å². The highest BCUT2D eigenvalue weighted by Crippen LogP contribution is 2.36. The van der Waals surface area contributed by atoms with E-state index < -0.39 is 5.79 Å². The van der Waals surface area contributed by atoms with E-state index in [2.05, 4.69) is 38.1 Å². The van der Waals surface area contributed by atoms with E-state index in [1.165, 1.54) is 5.56 Å². The first-order chi connectivity index (χ1) is 9.16. The summed E-state index contributed by atoms with van der Waals surface area (Å²) in [4.78, 5) is 0. The van der Waals surface area contributed by atoms with Gasteiger partial charge in [0.25, 0.3) is 0 Å². The highest BCUT2D eigenvalue weighted by molar-refractivity contribution is 5.26. The number of hydrogen-bond acceptors (Lipinski definition) is 3. The lowest BCUT2D eigenvalue weighted by Gasteiger charge is -2.28. The summed E-state index contributed by atoms with van der Waals surface area (Å²) < 4.78 is 11.7. The van der Waals surface area contributed by atoms with Crippen LogP contribution in [0, 0.1) is 5.92 Å². The molecule has 106 valence electrons. The largest absolute Gasteiger partial charge is 0.343 e. The van der Waals surface area contributed by atoms with Crippen LogP contribution < -0.4 is 5.73 Å². The molecule has 1 saturated heterocycles. The maximum absolute atomic E-state index is 5.87. The summed E-state index contributed by atoms with van der Waals surface area (Å²) in [7, 11) is 0. The van der Waals surface area contributed by atoms with Gasteiger partial charge in [0.2, 0.25) is 0 Å². The average molecular weight is 263 g/mol. The summed E-state index contributed by atoms with van der Waals surface area (Å²) in [5.74, 6) is 0.117. The molecule has 2 N–H and O–H groups in total. The molecular weight excluding hydrogens is 238 g/mol. The molecule has 2 rings (SSSR count). The summed E-state index contributed by atoms with van der Waals surface area (Å²) in [6.07, 6.45) is 2.85. The molecule has 0 amide bonds. The molecule has 0 unspecified atom stereocenters. The van der Waals surface area contributed by atoms with Gasteiger partial charge in [-0.25, -0.2) is 0 Å². The number of hydrogen-bond donors (Lipinski definition) is 1. The standard InChI is InChI=1S/C16H25NO2/c1-13(2)12-14-4-6-15(7-5-14)16(8-3-9-17)18-10-11-19-16/h4-7,13H,3,8-12,17H2,1-2H3. The van der Waals surface area contributed by atoms with Gasteiger partial charge in [-0.3, -0.25) is 0 Å². The first-order valence-corrected chi connectivity index (χ1v) is 7.24. The molecule has 1 fully saturated rings. The third kappa shape index (κ3) is 3.56. The van der Waals surface area contributed by atoms with Gasteiger partial charge in [0.15, 0.2) is 5.79 Å². The third-order valence-corrected chi connectivity index (χ3v) is 3.50. The highest BCUT2D eigenvalue weighted by atomic mass is 16.7. The van der Waals surface area contributed by atoms with Crippen LogP contribution in [0.3, 0.4) is 0 Å². The molecule has 0 bridgehead atoms. The van der Waals surface area contributed by atoms with Crippen molar-refractivity contribution >= 4 is 0 Å². The van der Waals surface area contributed by atoms with Crippen LogP contribution in [0.15, 0.2) is 24.3 Å². The minimum absolute atomic E-state index is 0.560. The smallest absolute Gasteiger partial charge is 0.195 e. The van der Waals surface area contributed by atoms with Crippen LogP contribution in [0.2, 0.25) is 0 Å². The van der Waals surface area contributed by atoms with Crippen molar-refractivity contribution in [2.24, 2.45) is 11.7 Å². The van der Waals surface area contributed by atoms with E-state index in [-0.39, 0.29) is 0 Å².